The number of rotatable bonds is 5. The third-order valence-electron chi connectivity index (χ3n) is 4.11. The van der Waals surface area contributed by atoms with Gasteiger partial charge in [-0.05, 0) is 43.4 Å². The molecule has 0 radical (unpaired) electrons. The first-order valence-corrected chi connectivity index (χ1v) is 7.71. The zero-order valence-corrected chi connectivity index (χ0v) is 12.5. The van der Waals surface area contributed by atoms with E-state index in [1.165, 1.54) is 24.5 Å². The quantitative estimate of drug-likeness (QED) is 0.896. The molecule has 2 aliphatic rings. The van der Waals surface area contributed by atoms with E-state index in [-0.39, 0.29) is 11.2 Å². The van der Waals surface area contributed by atoms with E-state index in [0.717, 1.165) is 37.1 Å². The molecule has 1 saturated heterocycles. The molecule has 1 heterocycles. The lowest BCUT2D eigenvalue weighted by atomic mass is 9.81. The Bertz CT molecular complexity index is 455. The Morgan fingerprint density at radius 1 is 1.42 bits per heavy atom. The summed E-state index contributed by atoms with van der Waals surface area (Å²) < 4.78 is 19.6. The van der Waals surface area contributed by atoms with E-state index in [1.54, 1.807) is 6.07 Å². The molecule has 1 aliphatic carbocycles. The highest BCUT2D eigenvalue weighted by molar-refractivity contribution is 9.10. The van der Waals surface area contributed by atoms with Gasteiger partial charge < -0.3 is 10.1 Å². The molecule has 1 unspecified atom stereocenters. The lowest BCUT2D eigenvalue weighted by molar-refractivity contribution is 0.149. The Morgan fingerprint density at radius 3 is 2.89 bits per heavy atom. The van der Waals surface area contributed by atoms with E-state index in [2.05, 4.69) is 21.2 Å². The Morgan fingerprint density at radius 2 is 2.26 bits per heavy atom. The topological polar surface area (TPSA) is 21.3 Å². The van der Waals surface area contributed by atoms with Crippen LogP contribution in [0.15, 0.2) is 22.7 Å². The van der Waals surface area contributed by atoms with Crippen molar-refractivity contribution in [3.8, 4) is 0 Å². The second kappa shape index (κ2) is 5.51. The summed E-state index contributed by atoms with van der Waals surface area (Å²) in [4.78, 5) is 0. The van der Waals surface area contributed by atoms with Gasteiger partial charge in [0.25, 0.3) is 0 Å². The summed E-state index contributed by atoms with van der Waals surface area (Å²) in [5.74, 6) is -0.191. The molecule has 1 aliphatic heterocycles. The molecule has 0 spiro atoms. The third-order valence-corrected chi connectivity index (χ3v) is 4.85. The minimum atomic E-state index is -0.191. The van der Waals surface area contributed by atoms with Gasteiger partial charge in [0.05, 0.1) is 6.61 Å². The molecule has 104 valence electrons. The van der Waals surface area contributed by atoms with Crippen molar-refractivity contribution in [3.05, 3.63) is 34.1 Å². The van der Waals surface area contributed by atoms with Gasteiger partial charge in [0.1, 0.15) is 5.82 Å². The summed E-state index contributed by atoms with van der Waals surface area (Å²) in [6, 6.07) is 5.69. The molecule has 1 aromatic carbocycles. The van der Waals surface area contributed by atoms with Gasteiger partial charge in [0.15, 0.2) is 0 Å². The van der Waals surface area contributed by atoms with E-state index >= 15 is 0 Å². The van der Waals surface area contributed by atoms with Gasteiger partial charge in [-0.25, -0.2) is 4.39 Å². The fourth-order valence-electron chi connectivity index (χ4n) is 2.71. The molecule has 3 rings (SSSR count). The summed E-state index contributed by atoms with van der Waals surface area (Å²) in [7, 11) is 0. The van der Waals surface area contributed by atoms with Crippen molar-refractivity contribution < 1.29 is 9.13 Å². The molecule has 4 heteroatoms. The minimum absolute atomic E-state index is 0.170. The highest BCUT2D eigenvalue weighted by Crippen LogP contribution is 2.35. The van der Waals surface area contributed by atoms with Gasteiger partial charge in [-0.2, -0.15) is 0 Å². The normalized spacial score (nSPS) is 26.8. The summed E-state index contributed by atoms with van der Waals surface area (Å²) >= 11 is 3.47. The largest absolute Gasteiger partial charge is 0.381 e. The van der Waals surface area contributed by atoms with Crippen molar-refractivity contribution in [2.45, 2.75) is 31.7 Å². The molecule has 0 aromatic heterocycles. The summed E-state index contributed by atoms with van der Waals surface area (Å²) in [6.45, 7) is 2.64. The molecule has 1 aromatic rings. The van der Waals surface area contributed by atoms with Crippen LogP contribution in [0.1, 0.15) is 24.8 Å². The summed E-state index contributed by atoms with van der Waals surface area (Å²) in [5, 5.41) is 3.62. The Balaban J connectivity index is 1.72. The Kier molecular flexibility index (Phi) is 3.92. The van der Waals surface area contributed by atoms with Gasteiger partial charge in [-0.3, -0.25) is 0 Å². The molecule has 1 N–H and O–H groups in total. The van der Waals surface area contributed by atoms with Crippen LogP contribution in [0.2, 0.25) is 0 Å². The summed E-state index contributed by atoms with van der Waals surface area (Å²) in [6.07, 6.45) is 4.62. The number of benzene rings is 1. The number of hydrogen-bond acceptors (Lipinski definition) is 2. The zero-order chi connectivity index (χ0) is 13.3. The average molecular weight is 328 g/mol. The molecule has 1 atom stereocenters. The number of hydrogen-bond donors (Lipinski definition) is 1. The van der Waals surface area contributed by atoms with E-state index in [4.69, 9.17) is 4.74 Å². The van der Waals surface area contributed by atoms with Gasteiger partial charge in [-0.1, -0.05) is 22.0 Å². The summed E-state index contributed by atoms with van der Waals surface area (Å²) in [5.41, 5.74) is 1.34. The molecule has 0 amide bonds. The first-order valence-electron chi connectivity index (χ1n) is 6.92. The van der Waals surface area contributed by atoms with Crippen molar-refractivity contribution in [2.75, 3.05) is 19.8 Å². The minimum Gasteiger partial charge on any atom is -0.381 e. The molecule has 19 heavy (non-hydrogen) atoms. The van der Waals surface area contributed by atoms with Crippen molar-refractivity contribution in [3.63, 3.8) is 0 Å². The Labute approximate surface area is 121 Å². The van der Waals surface area contributed by atoms with Crippen molar-refractivity contribution in [1.29, 1.82) is 0 Å². The van der Waals surface area contributed by atoms with Crippen LogP contribution < -0.4 is 5.32 Å². The van der Waals surface area contributed by atoms with E-state index in [1.807, 2.05) is 6.07 Å². The molecule has 0 bridgehead atoms. The monoisotopic (exact) mass is 327 g/mol. The van der Waals surface area contributed by atoms with Gasteiger partial charge in [-0.15, -0.1) is 0 Å². The van der Waals surface area contributed by atoms with Gasteiger partial charge in [0, 0.05) is 29.1 Å². The average Bonchev–Trinajstić information content (AvgIpc) is 3.11. The van der Waals surface area contributed by atoms with Crippen LogP contribution in [0, 0.1) is 11.2 Å². The second-order valence-electron chi connectivity index (χ2n) is 5.87. The van der Waals surface area contributed by atoms with Crippen molar-refractivity contribution >= 4 is 15.9 Å². The van der Waals surface area contributed by atoms with E-state index in [0.29, 0.717) is 6.04 Å². The van der Waals surface area contributed by atoms with Crippen LogP contribution in [0.5, 0.6) is 0 Å². The maximum absolute atomic E-state index is 13.2. The lowest BCUT2D eigenvalue weighted by Crippen LogP contribution is -2.37. The SMILES string of the molecule is Fc1ccc(CC2(CNC3CC3)CCOC2)c(Br)c1. The molecule has 1 saturated carbocycles. The smallest absolute Gasteiger partial charge is 0.124 e. The molecular formula is C15H19BrFNO. The zero-order valence-electron chi connectivity index (χ0n) is 10.9. The Hall–Kier alpha value is -0.450. The first kappa shape index (κ1) is 13.5. The maximum atomic E-state index is 13.2. The maximum Gasteiger partial charge on any atom is 0.124 e. The number of nitrogens with one attached hydrogen (secondary N) is 1. The van der Waals surface area contributed by atoms with Crippen LogP contribution in [-0.2, 0) is 11.2 Å². The first-order chi connectivity index (χ1) is 9.17. The predicted molar refractivity (Wildman–Crippen MR) is 76.7 cm³/mol. The van der Waals surface area contributed by atoms with Gasteiger partial charge in [0.2, 0.25) is 0 Å². The van der Waals surface area contributed by atoms with Gasteiger partial charge >= 0.3 is 0 Å². The highest BCUT2D eigenvalue weighted by Gasteiger charge is 2.37. The fourth-order valence-corrected chi connectivity index (χ4v) is 3.20. The van der Waals surface area contributed by atoms with E-state index in [9.17, 15) is 4.39 Å². The molecular weight excluding hydrogens is 309 g/mol. The van der Waals surface area contributed by atoms with Crippen molar-refractivity contribution in [1.82, 2.24) is 5.32 Å². The van der Waals surface area contributed by atoms with E-state index < -0.39 is 0 Å². The van der Waals surface area contributed by atoms with Crippen molar-refractivity contribution in [2.24, 2.45) is 5.41 Å². The van der Waals surface area contributed by atoms with Crippen LogP contribution in [0.25, 0.3) is 0 Å². The fraction of sp³-hybridized carbons (Fsp3) is 0.600. The lowest BCUT2D eigenvalue weighted by Gasteiger charge is -2.28. The standard InChI is InChI=1S/C15H19BrFNO/c16-14-7-12(17)2-1-11(14)8-15(5-6-19-10-15)9-18-13-3-4-13/h1-2,7,13,18H,3-6,8-10H2. The predicted octanol–water partition coefficient (Wildman–Crippen LogP) is 3.29. The number of ether oxygens (including phenoxy) is 1. The van der Waals surface area contributed by atoms with Crippen LogP contribution in [0.3, 0.4) is 0 Å². The van der Waals surface area contributed by atoms with Crippen LogP contribution in [-0.4, -0.2) is 25.8 Å². The second-order valence-corrected chi connectivity index (χ2v) is 6.72. The van der Waals surface area contributed by atoms with Crippen LogP contribution in [0.4, 0.5) is 4.39 Å². The third kappa shape index (κ3) is 3.36. The van der Waals surface area contributed by atoms with Crippen LogP contribution >= 0.6 is 15.9 Å². The molecule has 2 nitrogen and oxygen atoms in total. The number of halogens is 2. The highest BCUT2D eigenvalue weighted by atomic mass is 79.9. The molecule has 2 fully saturated rings.